The molecule has 0 saturated heterocycles. The number of hydrazone groups is 1. The van der Waals surface area contributed by atoms with Gasteiger partial charge in [0.15, 0.2) is 11.5 Å². The predicted octanol–water partition coefficient (Wildman–Crippen LogP) is 3.86. The van der Waals surface area contributed by atoms with Gasteiger partial charge in [-0.1, -0.05) is 30.3 Å². The number of methoxy groups -OCH3 is 1. The fraction of sp³-hybridized carbons (Fsp3) is 0.136. The van der Waals surface area contributed by atoms with Crippen LogP contribution in [0.1, 0.15) is 31.9 Å². The van der Waals surface area contributed by atoms with E-state index in [-0.39, 0.29) is 0 Å². The molecule has 0 saturated carbocycles. The molecule has 30 heavy (non-hydrogen) atoms. The van der Waals surface area contributed by atoms with Gasteiger partial charge in [-0.2, -0.15) is 10.4 Å². The monoisotopic (exact) mass is 420 g/mol. The van der Waals surface area contributed by atoms with Crippen LogP contribution in [0.15, 0.2) is 53.6 Å². The lowest BCUT2D eigenvalue weighted by Gasteiger charge is -2.11. The van der Waals surface area contributed by atoms with E-state index >= 15 is 0 Å². The van der Waals surface area contributed by atoms with Gasteiger partial charge in [-0.15, -0.1) is 11.3 Å². The van der Waals surface area contributed by atoms with E-state index in [2.05, 4.69) is 10.5 Å². The second-order valence-electron chi connectivity index (χ2n) is 6.29. The predicted molar refractivity (Wildman–Crippen MR) is 117 cm³/mol. The van der Waals surface area contributed by atoms with Gasteiger partial charge in [0.05, 0.1) is 18.9 Å². The van der Waals surface area contributed by atoms with Crippen LogP contribution in [0.4, 0.5) is 5.00 Å². The molecule has 0 aliphatic rings. The number of nitrogen functional groups attached to an aromatic ring is 1. The van der Waals surface area contributed by atoms with Crippen molar-refractivity contribution < 1.29 is 14.3 Å². The van der Waals surface area contributed by atoms with Crippen LogP contribution in [0.5, 0.6) is 11.5 Å². The van der Waals surface area contributed by atoms with Crippen molar-refractivity contribution in [2.45, 2.75) is 13.5 Å². The molecule has 0 aliphatic heterocycles. The number of nitrogens with one attached hydrogen (secondary N) is 1. The molecule has 152 valence electrons. The Labute approximate surface area is 178 Å². The minimum atomic E-state index is -0.420. The first-order valence-electron chi connectivity index (χ1n) is 9.00. The molecule has 0 radical (unpaired) electrons. The minimum absolute atomic E-state index is 0.319. The number of nitriles is 1. The van der Waals surface area contributed by atoms with Gasteiger partial charge in [0.25, 0.3) is 5.91 Å². The summed E-state index contributed by atoms with van der Waals surface area (Å²) in [6, 6.07) is 17.2. The van der Waals surface area contributed by atoms with E-state index in [0.717, 1.165) is 22.5 Å². The Balaban J connectivity index is 1.66. The Morgan fingerprint density at radius 3 is 2.70 bits per heavy atom. The molecule has 3 rings (SSSR count). The van der Waals surface area contributed by atoms with E-state index in [9.17, 15) is 4.79 Å². The number of thiophene rings is 1. The summed E-state index contributed by atoms with van der Waals surface area (Å²) >= 11 is 1.06. The number of benzene rings is 2. The van der Waals surface area contributed by atoms with Crippen molar-refractivity contribution in [3.05, 3.63) is 75.7 Å². The summed E-state index contributed by atoms with van der Waals surface area (Å²) < 4.78 is 11.2. The number of nitrogens with zero attached hydrogens (tertiary/aromatic N) is 2. The van der Waals surface area contributed by atoms with Crippen LogP contribution in [0, 0.1) is 18.3 Å². The number of rotatable bonds is 7. The molecular formula is C22H20N4O3S. The lowest BCUT2D eigenvalue weighted by atomic mass is 10.2. The number of hydrogen-bond acceptors (Lipinski definition) is 7. The number of anilines is 1. The summed E-state index contributed by atoms with van der Waals surface area (Å²) in [7, 11) is 1.56. The number of amides is 1. The Bertz CT molecular complexity index is 1120. The van der Waals surface area contributed by atoms with Crippen LogP contribution in [-0.2, 0) is 6.61 Å². The molecule has 0 fully saturated rings. The van der Waals surface area contributed by atoms with E-state index in [4.69, 9.17) is 20.5 Å². The first kappa shape index (κ1) is 20.9. The van der Waals surface area contributed by atoms with Gasteiger partial charge in [-0.25, -0.2) is 5.43 Å². The lowest BCUT2D eigenvalue weighted by molar-refractivity contribution is 0.0958. The molecule has 0 aliphatic carbocycles. The van der Waals surface area contributed by atoms with Gasteiger partial charge >= 0.3 is 0 Å². The normalized spacial score (nSPS) is 10.6. The Hall–Kier alpha value is -3.83. The molecule has 0 atom stereocenters. The maximum atomic E-state index is 12.3. The SMILES string of the molecule is COc1cc(C=NNC(=O)c2sc(N)c(C#N)c2C)ccc1OCc1ccccc1. The fourth-order valence-electron chi connectivity index (χ4n) is 2.73. The maximum absolute atomic E-state index is 12.3. The minimum Gasteiger partial charge on any atom is -0.493 e. The van der Waals surface area contributed by atoms with Crippen molar-refractivity contribution in [2.24, 2.45) is 5.10 Å². The number of carbonyl (C=O) groups excluding carboxylic acids is 1. The summed E-state index contributed by atoms with van der Waals surface area (Å²) in [5.74, 6) is 0.745. The molecule has 3 N–H and O–H groups in total. The molecule has 0 bridgehead atoms. The summed E-state index contributed by atoms with van der Waals surface area (Å²) in [5, 5.41) is 13.4. The second-order valence-corrected chi connectivity index (χ2v) is 7.34. The van der Waals surface area contributed by atoms with Crippen molar-refractivity contribution >= 4 is 28.5 Å². The summed E-state index contributed by atoms with van der Waals surface area (Å²) in [6.07, 6.45) is 1.50. The van der Waals surface area contributed by atoms with Crippen LogP contribution in [0.25, 0.3) is 0 Å². The van der Waals surface area contributed by atoms with Crippen LogP contribution in [0.2, 0.25) is 0 Å². The highest BCUT2D eigenvalue weighted by Crippen LogP contribution is 2.30. The van der Waals surface area contributed by atoms with Crippen LogP contribution in [0.3, 0.4) is 0 Å². The van der Waals surface area contributed by atoms with Crippen LogP contribution < -0.4 is 20.6 Å². The van der Waals surface area contributed by atoms with E-state index in [1.165, 1.54) is 6.21 Å². The van der Waals surface area contributed by atoms with Crippen molar-refractivity contribution in [1.29, 1.82) is 5.26 Å². The Kier molecular flexibility index (Phi) is 6.67. The average molecular weight is 420 g/mol. The molecule has 1 aromatic heterocycles. The summed E-state index contributed by atoms with van der Waals surface area (Å²) in [6.45, 7) is 2.11. The molecule has 8 heteroatoms. The number of carbonyl (C=O) groups is 1. The Morgan fingerprint density at radius 1 is 1.27 bits per heavy atom. The maximum Gasteiger partial charge on any atom is 0.281 e. The van der Waals surface area contributed by atoms with Gasteiger partial charge in [-0.3, -0.25) is 4.79 Å². The van der Waals surface area contributed by atoms with Gasteiger partial charge in [-0.05, 0) is 41.8 Å². The Morgan fingerprint density at radius 2 is 2.03 bits per heavy atom. The molecule has 3 aromatic rings. The van der Waals surface area contributed by atoms with E-state index in [1.54, 1.807) is 32.2 Å². The summed E-state index contributed by atoms with van der Waals surface area (Å²) in [4.78, 5) is 12.7. The molecule has 0 unspecified atom stereocenters. The average Bonchev–Trinajstić information content (AvgIpc) is 3.06. The molecular weight excluding hydrogens is 400 g/mol. The number of nitrogens with two attached hydrogens (primary N) is 1. The largest absolute Gasteiger partial charge is 0.493 e. The second kappa shape index (κ2) is 9.58. The zero-order valence-corrected chi connectivity index (χ0v) is 17.3. The van der Waals surface area contributed by atoms with Gasteiger partial charge in [0.1, 0.15) is 22.6 Å². The van der Waals surface area contributed by atoms with E-state index in [1.807, 2.05) is 36.4 Å². The van der Waals surface area contributed by atoms with Crippen molar-refractivity contribution in [2.75, 3.05) is 12.8 Å². The van der Waals surface area contributed by atoms with E-state index in [0.29, 0.717) is 39.1 Å². The molecule has 1 heterocycles. The molecule has 7 nitrogen and oxygen atoms in total. The van der Waals surface area contributed by atoms with Gasteiger partial charge < -0.3 is 15.2 Å². The quantitative estimate of drug-likeness (QED) is 0.445. The highest BCUT2D eigenvalue weighted by atomic mass is 32.1. The fourth-order valence-corrected chi connectivity index (χ4v) is 3.64. The topological polar surface area (TPSA) is 110 Å². The zero-order valence-electron chi connectivity index (χ0n) is 16.5. The van der Waals surface area contributed by atoms with Crippen molar-refractivity contribution in [3.63, 3.8) is 0 Å². The van der Waals surface area contributed by atoms with Gasteiger partial charge in [0, 0.05) is 0 Å². The number of ether oxygens (including phenoxy) is 2. The standard InChI is InChI=1S/C22H20N4O3S/c1-14-17(11-23)21(24)30-20(14)22(27)26-25-12-16-8-9-18(19(10-16)28-2)29-13-15-6-4-3-5-7-15/h3-10,12H,13,24H2,1-2H3,(H,26,27). The van der Waals surface area contributed by atoms with Crippen LogP contribution >= 0.6 is 11.3 Å². The first-order valence-corrected chi connectivity index (χ1v) is 9.82. The third-order valence-electron chi connectivity index (χ3n) is 4.30. The highest BCUT2D eigenvalue weighted by Gasteiger charge is 2.18. The number of hydrogen-bond donors (Lipinski definition) is 2. The van der Waals surface area contributed by atoms with Crippen molar-refractivity contribution in [3.8, 4) is 17.6 Å². The first-order chi connectivity index (χ1) is 14.5. The van der Waals surface area contributed by atoms with Crippen LogP contribution in [-0.4, -0.2) is 19.2 Å². The molecule has 1 amide bonds. The zero-order chi connectivity index (χ0) is 21.5. The van der Waals surface area contributed by atoms with E-state index < -0.39 is 5.91 Å². The lowest BCUT2D eigenvalue weighted by Crippen LogP contribution is -2.17. The molecule has 0 spiro atoms. The van der Waals surface area contributed by atoms with Crippen molar-refractivity contribution in [1.82, 2.24) is 5.43 Å². The smallest absolute Gasteiger partial charge is 0.281 e. The highest BCUT2D eigenvalue weighted by molar-refractivity contribution is 7.18. The summed E-state index contributed by atoms with van der Waals surface area (Å²) in [5.41, 5.74) is 10.9. The third kappa shape index (κ3) is 4.77. The van der Waals surface area contributed by atoms with Gasteiger partial charge in [0.2, 0.25) is 0 Å². The third-order valence-corrected chi connectivity index (χ3v) is 5.42. The molecule has 2 aromatic carbocycles.